The zero-order valence-corrected chi connectivity index (χ0v) is 16.3. The number of methoxy groups -OCH3 is 1. The summed E-state index contributed by atoms with van der Waals surface area (Å²) >= 11 is 0. The van der Waals surface area contributed by atoms with E-state index in [0.29, 0.717) is 24.3 Å². The van der Waals surface area contributed by atoms with Crippen molar-refractivity contribution >= 4 is 11.7 Å². The number of hydrogen-bond acceptors (Lipinski definition) is 7. The van der Waals surface area contributed by atoms with Crippen LogP contribution in [-0.4, -0.2) is 42.0 Å². The largest absolute Gasteiger partial charge is 0.481 e. The quantitative estimate of drug-likeness (QED) is 0.595. The molecule has 2 aromatic heterocycles. The van der Waals surface area contributed by atoms with Gasteiger partial charge in [0, 0.05) is 30.8 Å². The van der Waals surface area contributed by atoms with Crippen LogP contribution in [0.25, 0.3) is 0 Å². The summed E-state index contributed by atoms with van der Waals surface area (Å²) in [4.78, 5) is 19.5. The van der Waals surface area contributed by atoms with E-state index < -0.39 is 12.8 Å². The Balaban J connectivity index is 1.56. The number of nitrogens with zero attached hydrogens (tertiary/aromatic N) is 2. The molecule has 8 nitrogen and oxygen atoms in total. The van der Waals surface area contributed by atoms with E-state index in [-0.39, 0.29) is 30.0 Å². The topological polar surface area (TPSA) is 97.9 Å². The van der Waals surface area contributed by atoms with E-state index in [9.17, 15) is 18.0 Å². The number of anilines is 1. The van der Waals surface area contributed by atoms with Crippen LogP contribution < -0.4 is 20.1 Å². The third-order valence-corrected chi connectivity index (χ3v) is 4.16. The number of halogens is 3. The molecule has 0 saturated carbocycles. The standard InChI is InChI=1S/C19H21F3N4O4/c1-3-14(27)25-13-8-11(6-7-23-13)9-24-18-16(30-18)12-4-5-15(26-17(12)28-2)29-10-19(20,21)22/h4-8,16,18,24H,3,9-10H2,1-2H3,(H,23,25,27). The van der Waals surface area contributed by atoms with Gasteiger partial charge in [-0.25, -0.2) is 4.98 Å². The van der Waals surface area contributed by atoms with Gasteiger partial charge in [0.15, 0.2) is 6.61 Å². The summed E-state index contributed by atoms with van der Waals surface area (Å²) in [5, 5.41) is 5.89. The van der Waals surface area contributed by atoms with Crippen LogP contribution in [0.1, 0.15) is 30.6 Å². The second-order valence-corrected chi connectivity index (χ2v) is 6.46. The van der Waals surface area contributed by atoms with Crippen LogP contribution in [0.4, 0.5) is 19.0 Å². The molecule has 3 heterocycles. The summed E-state index contributed by atoms with van der Waals surface area (Å²) < 4.78 is 52.3. The summed E-state index contributed by atoms with van der Waals surface area (Å²) in [5.74, 6) is 0.296. The molecule has 0 bridgehead atoms. The molecule has 1 amide bonds. The molecule has 1 aliphatic rings. The van der Waals surface area contributed by atoms with E-state index in [4.69, 9.17) is 9.47 Å². The molecule has 2 aromatic rings. The molecule has 1 aliphatic heterocycles. The van der Waals surface area contributed by atoms with Crippen molar-refractivity contribution in [1.82, 2.24) is 15.3 Å². The third kappa shape index (κ3) is 6.04. The Morgan fingerprint density at radius 3 is 2.80 bits per heavy atom. The summed E-state index contributed by atoms with van der Waals surface area (Å²) in [6, 6.07) is 6.47. The number of hydrogen-bond donors (Lipinski definition) is 2. The SMILES string of the molecule is CCC(=O)Nc1cc(CNC2OC2c2ccc(OCC(F)(F)F)nc2OC)ccn1. The fourth-order valence-corrected chi connectivity index (χ4v) is 2.66. The number of carbonyl (C=O) groups is 1. The number of ether oxygens (including phenoxy) is 3. The predicted molar refractivity (Wildman–Crippen MR) is 100.0 cm³/mol. The summed E-state index contributed by atoms with van der Waals surface area (Å²) in [5.41, 5.74) is 1.49. The van der Waals surface area contributed by atoms with E-state index >= 15 is 0 Å². The van der Waals surface area contributed by atoms with Gasteiger partial charge in [-0.1, -0.05) is 6.92 Å². The minimum Gasteiger partial charge on any atom is -0.481 e. The third-order valence-electron chi connectivity index (χ3n) is 4.16. The first-order valence-corrected chi connectivity index (χ1v) is 9.17. The highest BCUT2D eigenvalue weighted by Gasteiger charge is 2.42. The number of alkyl halides is 3. The molecule has 1 fully saturated rings. The van der Waals surface area contributed by atoms with Gasteiger partial charge in [-0.15, -0.1) is 0 Å². The van der Waals surface area contributed by atoms with E-state index in [1.54, 1.807) is 31.3 Å². The van der Waals surface area contributed by atoms with Crippen molar-refractivity contribution in [2.45, 2.75) is 38.4 Å². The monoisotopic (exact) mass is 426 g/mol. The Morgan fingerprint density at radius 1 is 1.30 bits per heavy atom. The van der Waals surface area contributed by atoms with Gasteiger partial charge in [0.1, 0.15) is 18.1 Å². The maximum Gasteiger partial charge on any atom is 0.422 e. The summed E-state index contributed by atoms with van der Waals surface area (Å²) in [6.07, 6.45) is -3.17. The van der Waals surface area contributed by atoms with Gasteiger partial charge < -0.3 is 19.5 Å². The Labute approximate surface area is 170 Å². The number of carbonyl (C=O) groups excluding carboxylic acids is 1. The van der Waals surface area contributed by atoms with Gasteiger partial charge in [-0.2, -0.15) is 18.2 Å². The molecule has 2 N–H and O–H groups in total. The lowest BCUT2D eigenvalue weighted by Crippen LogP contribution is -2.20. The number of amides is 1. The number of aromatic nitrogens is 2. The normalized spacial score (nSPS) is 18.0. The fourth-order valence-electron chi connectivity index (χ4n) is 2.66. The fraction of sp³-hybridized carbons (Fsp3) is 0.421. The van der Waals surface area contributed by atoms with Gasteiger partial charge in [0.2, 0.25) is 17.7 Å². The first-order chi connectivity index (χ1) is 14.3. The lowest BCUT2D eigenvalue weighted by atomic mass is 10.2. The minimum absolute atomic E-state index is 0.125. The molecule has 1 saturated heterocycles. The molecule has 0 spiro atoms. The maximum atomic E-state index is 12.3. The Morgan fingerprint density at radius 2 is 2.10 bits per heavy atom. The lowest BCUT2D eigenvalue weighted by molar-refractivity contribution is -0.154. The summed E-state index contributed by atoms with van der Waals surface area (Å²) in [6.45, 7) is 0.782. The molecule has 2 unspecified atom stereocenters. The van der Waals surface area contributed by atoms with Crippen LogP contribution in [0.2, 0.25) is 0 Å². The van der Waals surface area contributed by atoms with Crippen LogP contribution in [0.5, 0.6) is 11.8 Å². The van der Waals surface area contributed by atoms with Crippen LogP contribution in [0.15, 0.2) is 30.5 Å². The van der Waals surface area contributed by atoms with Crippen LogP contribution in [0, 0.1) is 0 Å². The van der Waals surface area contributed by atoms with Gasteiger partial charge in [-0.3, -0.25) is 10.1 Å². The molecule has 0 radical (unpaired) electrons. The number of rotatable bonds is 9. The highest BCUT2D eigenvalue weighted by Crippen LogP contribution is 2.41. The molecule has 162 valence electrons. The molecule has 30 heavy (non-hydrogen) atoms. The van der Waals surface area contributed by atoms with Gasteiger partial charge >= 0.3 is 6.18 Å². The van der Waals surface area contributed by atoms with E-state index in [2.05, 4.69) is 25.3 Å². The average molecular weight is 426 g/mol. The van der Waals surface area contributed by atoms with Crippen molar-refractivity contribution in [3.05, 3.63) is 41.6 Å². The van der Waals surface area contributed by atoms with Gasteiger partial charge in [-0.05, 0) is 23.8 Å². The Kier molecular flexibility index (Phi) is 6.73. The molecule has 0 aromatic carbocycles. The molecule has 3 rings (SSSR count). The highest BCUT2D eigenvalue weighted by atomic mass is 19.4. The first kappa shape index (κ1) is 21.8. The van der Waals surface area contributed by atoms with Gasteiger partial charge in [0.25, 0.3) is 0 Å². The van der Waals surface area contributed by atoms with Crippen molar-refractivity contribution in [2.24, 2.45) is 0 Å². The molecular formula is C19H21F3N4O4. The Hall–Kier alpha value is -2.92. The van der Waals surface area contributed by atoms with Crippen molar-refractivity contribution in [3.8, 4) is 11.8 Å². The second kappa shape index (κ2) is 9.26. The Bertz CT molecular complexity index is 894. The zero-order chi connectivity index (χ0) is 21.7. The highest BCUT2D eigenvalue weighted by molar-refractivity contribution is 5.89. The first-order valence-electron chi connectivity index (χ1n) is 9.17. The summed E-state index contributed by atoms with van der Waals surface area (Å²) in [7, 11) is 1.37. The van der Waals surface area contributed by atoms with Crippen LogP contribution in [0.3, 0.4) is 0 Å². The second-order valence-electron chi connectivity index (χ2n) is 6.46. The maximum absolute atomic E-state index is 12.3. The van der Waals surface area contributed by atoms with Crippen molar-refractivity contribution < 1.29 is 32.2 Å². The average Bonchev–Trinajstić information content (AvgIpc) is 3.49. The van der Waals surface area contributed by atoms with Crippen molar-refractivity contribution in [2.75, 3.05) is 19.0 Å². The van der Waals surface area contributed by atoms with Crippen LogP contribution in [-0.2, 0) is 16.1 Å². The van der Waals surface area contributed by atoms with Crippen molar-refractivity contribution in [3.63, 3.8) is 0 Å². The number of nitrogens with one attached hydrogen (secondary N) is 2. The van der Waals surface area contributed by atoms with Crippen molar-refractivity contribution in [1.29, 1.82) is 0 Å². The van der Waals surface area contributed by atoms with Crippen LogP contribution >= 0.6 is 0 Å². The number of pyridine rings is 2. The van der Waals surface area contributed by atoms with E-state index in [1.165, 1.54) is 13.2 Å². The molecule has 0 aliphatic carbocycles. The number of epoxide rings is 1. The smallest absolute Gasteiger partial charge is 0.422 e. The predicted octanol–water partition coefficient (Wildman–Crippen LogP) is 2.96. The van der Waals surface area contributed by atoms with E-state index in [0.717, 1.165) is 5.56 Å². The molecule has 11 heteroatoms. The molecular weight excluding hydrogens is 405 g/mol. The minimum atomic E-state index is -4.45. The van der Waals surface area contributed by atoms with E-state index in [1.807, 2.05) is 0 Å². The van der Waals surface area contributed by atoms with Gasteiger partial charge in [0.05, 0.1) is 7.11 Å². The lowest BCUT2D eigenvalue weighted by Gasteiger charge is -2.11. The molecule has 2 atom stereocenters. The zero-order valence-electron chi connectivity index (χ0n) is 16.3.